The minimum Gasteiger partial charge on any atom is -0.313 e. The number of benzene rings is 1. The second-order valence-corrected chi connectivity index (χ2v) is 5.59. The number of halogens is 1. The molecule has 17 heavy (non-hydrogen) atoms. The van der Waals surface area contributed by atoms with E-state index in [1.807, 2.05) is 6.07 Å². The molecule has 0 radical (unpaired) electrons. The zero-order chi connectivity index (χ0) is 12.3. The van der Waals surface area contributed by atoms with Gasteiger partial charge >= 0.3 is 0 Å². The summed E-state index contributed by atoms with van der Waals surface area (Å²) in [5.74, 6) is 0.894. The second kappa shape index (κ2) is 5.88. The smallest absolute Gasteiger partial charge is 0.0438 e. The molecule has 1 aliphatic carbocycles. The molecule has 0 amide bonds. The van der Waals surface area contributed by atoms with Crippen LogP contribution in [0.5, 0.6) is 0 Å². The molecule has 2 heteroatoms. The standard InChI is InChI=1S/C15H22ClN/c1-11-13(8-5-9-14(11)16)15(17-2)10-12-6-3-4-7-12/h5,8-9,12,15,17H,3-4,6-7,10H2,1-2H3. The van der Waals surface area contributed by atoms with Crippen molar-refractivity contribution in [3.63, 3.8) is 0 Å². The summed E-state index contributed by atoms with van der Waals surface area (Å²) < 4.78 is 0. The van der Waals surface area contributed by atoms with Gasteiger partial charge in [0.15, 0.2) is 0 Å². The fourth-order valence-electron chi connectivity index (χ4n) is 2.98. The number of rotatable bonds is 4. The first-order valence-corrected chi connectivity index (χ1v) is 7.02. The summed E-state index contributed by atoms with van der Waals surface area (Å²) in [6.07, 6.45) is 6.87. The van der Waals surface area contributed by atoms with Gasteiger partial charge in [-0.2, -0.15) is 0 Å². The van der Waals surface area contributed by atoms with Gasteiger partial charge < -0.3 is 5.32 Å². The highest BCUT2D eigenvalue weighted by molar-refractivity contribution is 6.31. The van der Waals surface area contributed by atoms with Crippen LogP contribution in [0.4, 0.5) is 0 Å². The summed E-state index contributed by atoms with van der Waals surface area (Å²) in [5.41, 5.74) is 2.60. The van der Waals surface area contributed by atoms with Crippen molar-refractivity contribution in [2.24, 2.45) is 5.92 Å². The largest absolute Gasteiger partial charge is 0.313 e. The molecule has 0 aliphatic heterocycles. The number of hydrogen-bond donors (Lipinski definition) is 1. The van der Waals surface area contributed by atoms with Crippen molar-refractivity contribution in [2.45, 2.75) is 45.1 Å². The highest BCUT2D eigenvalue weighted by Gasteiger charge is 2.21. The molecule has 1 atom stereocenters. The highest BCUT2D eigenvalue weighted by atomic mass is 35.5. The molecule has 1 fully saturated rings. The molecule has 1 nitrogen and oxygen atoms in total. The molecule has 0 bridgehead atoms. The van der Waals surface area contributed by atoms with Gasteiger partial charge in [0.05, 0.1) is 0 Å². The molecule has 1 unspecified atom stereocenters. The van der Waals surface area contributed by atoms with Crippen LogP contribution in [0.1, 0.15) is 49.3 Å². The van der Waals surface area contributed by atoms with Crippen LogP contribution in [-0.4, -0.2) is 7.05 Å². The lowest BCUT2D eigenvalue weighted by Gasteiger charge is -2.22. The second-order valence-electron chi connectivity index (χ2n) is 5.18. The molecule has 0 spiro atoms. The minimum absolute atomic E-state index is 0.455. The van der Waals surface area contributed by atoms with Crippen molar-refractivity contribution in [1.29, 1.82) is 0 Å². The van der Waals surface area contributed by atoms with Crippen LogP contribution in [0.15, 0.2) is 18.2 Å². The molecule has 1 aromatic carbocycles. The normalized spacial score (nSPS) is 18.5. The molecule has 2 rings (SSSR count). The van der Waals surface area contributed by atoms with E-state index in [2.05, 4.69) is 31.4 Å². The lowest BCUT2D eigenvalue weighted by atomic mass is 9.91. The predicted molar refractivity (Wildman–Crippen MR) is 74.6 cm³/mol. The molecule has 1 saturated carbocycles. The number of nitrogens with one attached hydrogen (secondary N) is 1. The van der Waals surface area contributed by atoms with Crippen molar-refractivity contribution in [1.82, 2.24) is 5.32 Å². The Kier molecular flexibility index (Phi) is 4.47. The summed E-state index contributed by atoms with van der Waals surface area (Å²) in [5, 5.41) is 4.34. The van der Waals surface area contributed by atoms with Gasteiger partial charge in [-0.15, -0.1) is 0 Å². The van der Waals surface area contributed by atoms with Crippen LogP contribution < -0.4 is 5.32 Å². The molecular formula is C15H22ClN. The van der Waals surface area contributed by atoms with E-state index in [9.17, 15) is 0 Å². The summed E-state index contributed by atoms with van der Waals surface area (Å²) in [6.45, 7) is 2.12. The molecule has 94 valence electrons. The Morgan fingerprint density at radius 3 is 2.71 bits per heavy atom. The average molecular weight is 252 g/mol. The van der Waals surface area contributed by atoms with Crippen molar-refractivity contribution in [3.8, 4) is 0 Å². The molecule has 1 aromatic rings. The number of hydrogen-bond acceptors (Lipinski definition) is 1. The fourth-order valence-corrected chi connectivity index (χ4v) is 3.16. The van der Waals surface area contributed by atoms with E-state index in [4.69, 9.17) is 11.6 Å². The Morgan fingerprint density at radius 2 is 2.06 bits per heavy atom. The third-order valence-corrected chi connectivity index (χ3v) is 4.49. The van der Waals surface area contributed by atoms with Crippen LogP contribution in [0.25, 0.3) is 0 Å². The molecule has 0 aromatic heterocycles. The van der Waals surface area contributed by atoms with Crippen molar-refractivity contribution < 1.29 is 0 Å². The van der Waals surface area contributed by atoms with Gasteiger partial charge in [-0.3, -0.25) is 0 Å². The van der Waals surface area contributed by atoms with E-state index in [-0.39, 0.29) is 0 Å². The molecule has 1 aliphatic rings. The first-order valence-electron chi connectivity index (χ1n) is 6.64. The monoisotopic (exact) mass is 251 g/mol. The van der Waals surface area contributed by atoms with Gasteiger partial charge in [0.2, 0.25) is 0 Å². The van der Waals surface area contributed by atoms with Crippen molar-refractivity contribution in [3.05, 3.63) is 34.3 Å². The van der Waals surface area contributed by atoms with Gasteiger partial charge in [-0.05, 0) is 43.5 Å². The molecule has 1 N–H and O–H groups in total. The van der Waals surface area contributed by atoms with Crippen LogP contribution in [0.3, 0.4) is 0 Å². The van der Waals surface area contributed by atoms with Gasteiger partial charge in [-0.25, -0.2) is 0 Å². The predicted octanol–water partition coefficient (Wildman–Crippen LogP) is 4.49. The molecule has 0 heterocycles. The van der Waals surface area contributed by atoms with E-state index in [1.165, 1.54) is 43.2 Å². The lowest BCUT2D eigenvalue weighted by Crippen LogP contribution is -2.20. The fraction of sp³-hybridized carbons (Fsp3) is 0.600. The van der Waals surface area contributed by atoms with E-state index in [0.717, 1.165) is 10.9 Å². The Hall–Kier alpha value is -0.530. The average Bonchev–Trinajstić information content (AvgIpc) is 2.83. The van der Waals surface area contributed by atoms with E-state index < -0.39 is 0 Å². The van der Waals surface area contributed by atoms with Gasteiger partial charge in [0.25, 0.3) is 0 Å². The third-order valence-electron chi connectivity index (χ3n) is 4.08. The van der Waals surface area contributed by atoms with E-state index >= 15 is 0 Å². The van der Waals surface area contributed by atoms with Crippen molar-refractivity contribution in [2.75, 3.05) is 7.05 Å². The first-order chi connectivity index (χ1) is 8.22. The maximum atomic E-state index is 6.20. The van der Waals surface area contributed by atoms with Gasteiger partial charge in [0, 0.05) is 11.1 Å². The topological polar surface area (TPSA) is 12.0 Å². The maximum absolute atomic E-state index is 6.20. The Bertz CT molecular complexity index is 369. The summed E-state index contributed by atoms with van der Waals surface area (Å²) in [4.78, 5) is 0. The van der Waals surface area contributed by atoms with E-state index in [0.29, 0.717) is 6.04 Å². The maximum Gasteiger partial charge on any atom is 0.0438 e. The molecule has 0 saturated heterocycles. The first kappa shape index (κ1) is 12.9. The zero-order valence-corrected chi connectivity index (χ0v) is 11.6. The third kappa shape index (κ3) is 3.02. The minimum atomic E-state index is 0.455. The Labute approximate surface area is 110 Å². The summed E-state index contributed by atoms with van der Waals surface area (Å²) in [7, 11) is 2.06. The van der Waals surface area contributed by atoms with Crippen LogP contribution >= 0.6 is 11.6 Å². The zero-order valence-electron chi connectivity index (χ0n) is 10.8. The molecular weight excluding hydrogens is 230 g/mol. The SMILES string of the molecule is CNC(CC1CCCC1)c1cccc(Cl)c1C. The summed E-state index contributed by atoms with van der Waals surface area (Å²) >= 11 is 6.20. The van der Waals surface area contributed by atoms with E-state index in [1.54, 1.807) is 0 Å². The van der Waals surface area contributed by atoms with Crippen LogP contribution in [-0.2, 0) is 0 Å². The Morgan fingerprint density at radius 1 is 1.35 bits per heavy atom. The lowest BCUT2D eigenvalue weighted by molar-refractivity contribution is 0.412. The summed E-state index contributed by atoms with van der Waals surface area (Å²) in [6, 6.07) is 6.70. The van der Waals surface area contributed by atoms with Gasteiger partial charge in [0.1, 0.15) is 0 Å². The van der Waals surface area contributed by atoms with Crippen LogP contribution in [0.2, 0.25) is 5.02 Å². The van der Waals surface area contributed by atoms with Gasteiger partial charge in [-0.1, -0.05) is 49.4 Å². The highest BCUT2D eigenvalue weighted by Crippen LogP contribution is 2.34. The Balaban J connectivity index is 2.13. The van der Waals surface area contributed by atoms with Crippen molar-refractivity contribution >= 4 is 11.6 Å². The quantitative estimate of drug-likeness (QED) is 0.832. The van der Waals surface area contributed by atoms with Crippen LogP contribution in [0, 0.1) is 12.8 Å².